The minimum atomic E-state index is -0.690. The van der Waals surface area contributed by atoms with Crippen LogP contribution in [-0.2, 0) is 0 Å². The highest BCUT2D eigenvalue weighted by Crippen LogP contribution is 2.20. The molecular formula is C11H7ClFN3O. The molecule has 0 aliphatic rings. The van der Waals surface area contributed by atoms with Crippen LogP contribution in [0.3, 0.4) is 0 Å². The van der Waals surface area contributed by atoms with E-state index in [0.717, 1.165) is 6.20 Å². The molecule has 0 aliphatic carbocycles. The number of halogens is 2. The minimum absolute atomic E-state index is 0.0973. The predicted octanol–water partition coefficient (Wildman–Crippen LogP) is 2.52. The Kier molecular flexibility index (Phi) is 3.30. The Labute approximate surface area is 101 Å². The first-order valence-corrected chi connectivity index (χ1v) is 5.06. The number of carbonyl (C=O) groups is 1. The molecule has 2 heterocycles. The molecule has 2 aromatic rings. The van der Waals surface area contributed by atoms with Gasteiger partial charge in [-0.05, 0) is 12.1 Å². The van der Waals surface area contributed by atoms with Crippen molar-refractivity contribution in [1.82, 2.24) is 9.97 Å². The van der Waals surface area contributed by atoms with Gasteiger partial charge in [0.15, 0.2) is 5.82 Å². The molecule has 0 radical (unpaired) electrons. The van der Waals surface area contributed by atoms with Gasteiger partial charge in [0, 0.05) is 12.4 Å². The van der Waals surface area contributed by atoms with E-state index < -0.39 is 11.7 Å². The van der Waals surface area contributed by atoms with Gasteiger partial charge in [-0.15, -0.1) is 0 Å². The summed E-state index contributed by atoms with van der Waals surface area (Å²) >= 11 is 5.83. The molecule has 86 valence electrons. The third kappa shape index (κ3) is 2.57. The topological polar surface area (TPSA) is 54.9 Å². The predicted molar refractivity (Wildman–Crippen MR) is 61.4 cm³/mol. The summed E-state index contributed by atoms with van der Waals surface area (Å²) in [5.74, 6) is -1.29. The largest absolute Gasteiger partial charge is 0.319 e. The maximum absolute atomic E-state index is 13.3. The number of pyridine rings is 2. The van der Waals surface area contributed by atoms with E-state index in [0.29, 0.717) is 10.7 Å². The molecule has 0 saturated carbocycles. The van der Waals surface area contributed by atoms with Crippen molar-refractivity contribution >= 4 is 23.2 Å². The van der Waals surface area contributed by atoms with E-state index >= 15 is 0 Å². The van der Waals surface area contributed by atoms with E-state index in [-0.39, 0.29) is 5.56 Å². The van der Waals surface area contributed by atoms with Gasteiger partial charge in [0.05, 0.1) is 28.7 Å². The number of hydrogen-bond donors (Lipinski definition) is 1. The minimum Gasteiger partial charge on any atom is -0.319 e. The Morgan fingerprint density at radius 1 is 1.24 bits per heavy atom. The summed E-state index contributed by atoms with van der Waals surface area (Å²) in [6.45, 7) is 0. The number of nitrogens with one attached hydrogen (secondary N) is 1. The van der Waals surface area contributed by atoms with E-state index in [9.17, 15) is 9.18 Å². The highest BCUT2D eigenvalue weighted by Gasteiger charge is 2.12. The lowest BCUT2D eigenvalue weighted by molar-refractivity contribution is 0.102. The molecule has 17 heavy (non-hydrogen) atoms. The number of hydrogen-bond acceptors (Lipinski definition) is 3. The number of amides is 1. The average Bonchev–Trinajstić information content (AvgIpc) is 2.32. The van der Waals surface area contributed by atoms with Crippen LogP contribution in [0.4, 0.5) is 10.1 Å². The fraction of sp³-hybridized carbons (Fsp3) is 0. The van der Waals surface area contributed by atoms with Crippen LogP contribution in [0, 0.1) is 5.82 Å². The van der Waals surface area contributed by atoms with Gasteiger partial charge in [-0.3, -0.25) is 14.8 Å². The highest BCUT2D eigenvalue weighted by atomic mass is 35.5. The summed E-state index contributed by atoms with van der Waals surface area (Å²) in [6.07, 6.45) is 5.19. The summed E-state index contributed by atoms with van der Waals surface area (Å²) in [4.78, 5) is 19.1. The number of rotatable bonds is 2. The Bertz CT molecular complexity index is 562. The summed E-state index contributed by atoms with van der Waals surface area (Å²) in [6, 6.07) is 2.81. The molecule has 2 aromatic heterocycles. The van der Waals surface area contributed by atoms with Gasteiger partial charge in [-0.1, -0.05) is 11.6 Å². The zero-order valence-electron chi connectivity index (χ0n) is 8.52. The Morgan fingerprint density at radius 2 is 1.94 bits per heavy atom. The Morgan fingerprint density at radius 3 is 2.65 bits per heavy atom. The van der Waals surface area contributed by atoms with Crippen molar-refractivity contribution in [1.29, 1.82) is 0 Å². The van der Waals surface area contributed by atoms with Gasteiger partial charge < -0.3 is 5.32 Å². The summed E-state index contributed by atoms with van der Waals surface area (Å²) in [7, 11) is 0. The Hall–Kier alpha value is -2.01. The molecule has 0 bridgehead atoms. The number of anilines is 1. The molecule has 2 rings (SSSR count). The average molecular weight is 252 g/mol. The van der Waals surface area contributed by atoms with Gasteiger partial charge in [-0.25, -0.2) is 4.39 Å². The van der Waals surface area contributed by atoms with Crippen molar-refractivity contribution in [3.8, 4) is 0 Å². The highest BCUT2D eigenvalue weighted by molar-refractivity contribution is 6.33. The van der Waals surface area contributed by atoms with Crippen molar-refractivity contribution in [2.24, 2.45) is 0 Å². The van der Waals surface area contributed by atoms with Crippen molar-refractivity contribution in [2.45, 2.75) is 0 Å². The first-order valence-electron chi connectivity index (χ1n) is 4.69. The van der Waals surface area contributed by atoms with Crippen LogP contribution in [0.25, 0.3) is 0 Å². The van der Waals surface area contributed by atoms with E-state index in [1.54, 1.807) is 0 Å². The van der Waals surface area contributed by atoms with Crippen molar-refractivity contribution in [3.63, 3.8) is 0 Å². The van der Waals surface area contributed by atoms with Crippen molar-refractivity contribution in [3.05, 3.63) is 53.3 Å². The van der Waals surface area contributed by atoms with E-state index in [1.807, 2.05) is 0 Å². The number of nitrogens with zero attached hydrogens (tertiary/aromatic N) is 2. The molecule has 4 nitrogen and oxygen atoms in total. The van der Waals surface area contributed by atoms with Crippen LogP contribution < -0.4 is 5.32 Å². The van der Waals surface area contributed by atoms with Crippen LogP contribution in [0.2, 0.25) is 5.02 Å². The van der Waals surface area contributed by atoms with E-state index in [1.165, 1.54) is 30.7 Å². The molecule has 6 heteroatoms. The van der Waals surface area contributed by atoms with Crippen LogP contribution in [0.5, 0.6) is 0 Å². The van der Waals surface area contributed by atoms with Gasteiger partial charge in [0.25, 0.3) is 5.91 Å². The van der Waals surface area contributed by atoms with Crippen LogP contribution in [0.15, 0.2) is 36.9 Å². The third-order valence-electron chi connectivity index (χ3n) is 2.03. The summed E-state index contributed by atoms with van der Waals surface area (Å²) < 4.78 is 13.3. The quantitative estimate of drug-likeness (QED) is 0.892. The fourth-order valence-corrected chi connectivity index (χ4v) is 1.37. The zero-order valence-corrected chi connectivity index (χ0v) is 9.28. The Balaban J connectivity index is 2.24. The molecule has 1 N–H and O–H groups in total. The molecule has 0 spiro atoms. The SMILES string of the molecule is O=C(Nc1cnccc1Cl)c1ccncc1F. The first-order chi connectivity index (χ1) is 8.18. The summed E-state index contributed by atoms with van der Waals surface area (Å²) in [5.41, 5.74) is 0.232. The van der Waals surface area contributed by atoms with Gasteiger partial charge >= 0.3 is 0 Å². The molecule has 1 amide bonds. The number of aromatic nitrogens is 2. The molecule has 0 saturated heterocycles. The molecule has 0 unspecified atom stereocenters. The van der Waals surface area contributed by atoms with Crippen LogP contribution in [-0.4, -0.2) is 15.9 Å². The molecule has 0 aromatic carbocycles. The van der Waals surface area contributed by atoms with Gasteiger partial charge in [-0.2, -0.15) is 0 Å². The van der Waals surface area contributed by atoms with Crippen LogP contribution in [0.1, 0.15) is 10.4 Å². The molecular weight excluding hydrogens is 245 g/mol. The van der Waals surface area contributed by atoms with Gasteiger partial charge in [0.2, 0.25) is 0 Å². The maximum Gasteiger partial charge on any atom is 0.258 e. The lowest BCUT2D eigenvalue weighted by atomic mass is 10.2. The lowest BCUT2D eigenvalue weighted by Gasteiger charge is -2.06. The van der Waals surface area contributed by atoms with E-state index in [2.05, 4.69) is 15.3 Å². The summed E-state index contributed by atoms with van der Waals surface area (Å²) in [5, 5.41) is 2.80. The van der Waals surface area contributed by atoms with Crippen LogP contribution >= 0.6 is 11.6 Å². The second-order valence-corrected chi connectivity index (χ2v) is 3.57. The maximum atomic E-state index is 13.3. The normalized spacial score (nSPS) is 10.0. The number of carbonyl (C=O) groups excluding carboxylic acids is 1. The third-order valence-corrected chi connectivity index (χ3v) is 2.36. The molecule has 0 aliphatic heterocycles. The van der Waals surface area contributed by atoms with Crippen molar-refractivity contribution < 1.29 is 9.18 Å². The second kappa shape index (κ2) is 4.88. The monoisotopic (exact) mass is 251 g/mol. The van der Waals surface area contributed by atoms with Crippen molar-refractivity contribution in [2.75, 3.05) is 5.32 Å². The zero-order chi connectivity index (χ0) is 12.3. The molecule has 0 fully saturated rings. The van der Waals surface area contributed by atoms with E-state index in [4.69, 9.17) is 11.6 Å². The standard InChI is InChI=1S/C11H7ClFN3O/c12-8-2-4-15-6-10(8)16-11(17)7-1-3-14-5-9(7)13/h1-6H,(H,16,17). The molecule has 0 atom stereocenters. The smallest absolute Gasteiger partial charge is 0.258 e. The van der Waals surface area contributed by atoms with Gasteiger partial charge in [0.1, 0.15) is 0 Å². The lowest BCUT2D eigenvalue weighted by Crippen LogP contribution is -2.14. The second-order valence-electron chi connectivity index (χ2n) is 3.17. The first kappa shape index (κ1) is 11.5. The fourth-order valence-electron chi connectivity index (χ4n) is 1.22.